The molecule has 0 bridgehead atoms. The van der Waals surface area contributed by atoms with Crippen LogP contribution in [0.4, 0.5) is 5.13 Å². The molecule has 6 nitrogen and oxygen atoms in total. The molecule has 4 rings (SSSR count). The molecule has 0 aliphatic heterocycles. The summed E-state index contributed by atoms with van der Waals surface area (Å²) in [4.78, 5) is 9.15. The lowest BCUT2D eigenvalue weighted by Gasteiger charge is -2.19. The van der Waals surface area contributed by atoms with Crippen molar-refractivity contribution in [1.29, 1.82) is 0 Å². The third-order valence-electron chi connectivity index (χ3n) is 5.35. The van der Waals surface area contributed by atoms with Crippen molar-refractivity contribution in [2.24, 2.45) is 0 Å². The smallest absolute Gasteiger partial charge is 0.214 e. The van der Waals surface area contributed by atoms with Crippen LogP contribution in [0.1, 0.15) is 42.9 Å². The Balaban J connectivity index is 1.56. The van der Waals surface area contributed by atoms with Crippen LogP contribution in [0, 0.1) is 0 Å². The molecule has 0 spiro atoms. The van der Waals surface area contributed by atoms with Crippen molar-refractivity contribution in [2.45, 2.75) is 43.0 Å². The molecule has 1 aromatic carbocycles. The molecule has 0 N–H and O–H groups in total. The van der Waals surface area contributed by atoms with Crippen LogP contribution in [0.2, 0.25) is 0 Å². The number of ether oxygens (including phenoxy) is 2. The van der Waals surface area contributed by atoms with E-state index in [9.17, 15) is 0 Å². The zero-order valence-electron chi connectivity index (χ0n) is 16.8. The van der Waals surface area contributed by atoms with Crippen LogP contribution in [-0.2, 0) is 6.54 Å². The molecule has 28 heavy (non-hydrogen) atoms. The highest BCUT2D eigenvalue weighted by atomic mass is 32.2. The summed E-state index contributed by atoms with van der Waals surface area (Å²) in [7, 11) is 5.40. The maximum atomic E-state index is 5.48. The summed E-state index contributed by atoms with van der Waals surface area (Å²) in [6.07, 6.45) is 9.35. The Bertz CT molecular complexity index is 931. The zero-order chi connectivity index (χ0) is 19.7. The molecule has 1 fully saturated rings. The highest BCUT2D eigenvalue weighted by Crippen LogP contribution is 2.37. The first-order valence-corrected chi connectivity index (χ1v) is 11.5. The molecule has 0 amide bonds. The summed E-state index contributed by atoms with van der Waals surface area (Å²) in [5, 5.41) is 5.73. The van der Waals surface area contributed by atoms with Gasteiger partial charge in [0, 0.05) is 24.4 Å². The van der Waals surface area contributed by atoms with Crippen molar-refractivity contribution in [1.82, 2.24) is 14.6 Å². The van der Waals surface area contributed by atoms with Crippen molar-refractivity contribution in [2.75, 3.05) is 32.4 Å². The molecule has 2 aromatic heterocycles. The van der Waals surface area contributed by atoms with Gasteiger partial charge in [0.05, 0.1) is 26.1 Å². The summed E-state index contributed by atoms with van der Waals surface area (Å²) in [6, 6.07) is 4.09. The molecule has 0 atom stereocenters. The van der Waals surface area contributed by atoms with E-state index in [0.717, 1.165) is 28.1 Å². The Hall–Kier alpha value is -1.93. The number of aromatic nitrogens is 3. The lowest BCUT2D eigenvalue weighted by Crippen LogP contribution is -2.17. The average molecular weight is 419 g/mol. The minimum absolute atomic E-state index is 0.617. The van der Waals surface area contributed by atoms with Gasteiger partial charge in [-0.3, -0.25) is 0 Å². The van der Waals surface area contributed by atoms with Crippen molar-refractivity contribution in [3.8, 4) is 11.5 Å². The maximum absolute atomic E-state index is 5.48. The first-order chi connectivity index (χ1) is 13.6. The Kier molecular flexibility index (Phi) is 5.68. The number of hydrogen-bond donors (Lipinski definition) is 0. The summed E-state index contributed by atoms with van der Waals surface area (Å²) >= 11 is 3.35. The van der Waals surface area contributed by atoms with Crippen LogP contribution in [0.15, 0.2) is 23.2 Å². The number of nitrogens with zero attached hydrogens (tertiary/aromatic N) is 4. The van der Waals surface area contributed by atoms with Crippen molar-refractivity contribution < 1.29 is 9.47 Å². The standard InChI is InChI=1S/C20H26N4O2S2/c1-23(11-14-9-16(25-2)17(26-3)10-18(14)27-4)20-22-24-12-15(21-19(24)28-20)13-7-5-6-8-13/h9-10,12-13H,5-8,11H2,1-4H3. The first kappa shape index (κ1) is 19.4. The lowest BCUT2D eigenvalue weighted by atomic mass is 10.1. The number of rotatable bonds is 7. The van der Waals surface area contributed by atoms with Gasteiger partial charge >= 0.3 is 0 Å². The van der Waals surface area contributed by atoms with Gasteiger partial charge in [0.15, 0.2) is 11.5 Å². The number of thioether (sulfide) groups is 1. The van der Waals surface area contributed by atoms with Gasteiger partial charge < -0.3 is 14.4 Å². The number of imidazole rings is 1. The van der Waals surface area contributed by atoms with E-state index < -0.39 is 0 Å². The van der Waals surface area contributed by atoms with Crippen LogP contribution in [0.3, 0.4) is 0 Å². The predicted octanol–water partition coefficient (Wildman–Crippen LogP) is 4.82. The summed E-state index contributed by atoms with van der Waals surface area (Å²) < 4.78 is 12.9. The van der Waals surface area contributed by atoms with Gasteiger partial charge in [0.2, 0.25) is 10.1 Å². The van der Waals surface area contributed by atoms with E-state index in [2.05, 4.69) is 30.5 Å². The normalized spacial score (nSPS) is 14.7. The number of fused-ring (bicyclic) bond motifs is 1. The quantitative estimate of drug-likeness (QED) is 0.513. The van der Waals surface area contributed by atoms with Crippen molar-refractivity contribution in [3.05, 3.63) is 29.6 Å². The van der Waals surface area contributed by atoms with Gasteiger partial charge in [-0.2, -0.15) is 0 Å². The molecule has 3 aromatic rings. The van der Waals surface area contributed by atoms with Crippen LogP contribution >= 0.6 is 23.1 Å². The van der Waals surface area contributed by atoms with E-state index in [1.54, 1.807) is 37.3 Å². The monoisotopic (exact) mass is 418 g/mol. The van der Waals surface area contributed by atoms with Gasteiger partial charge in [-0.25, -0.2) is 9.50 Å². The number of hydrogen-bond acceptors (Lipinski definition) is 7. The number of anilines is 1. The van der Waals surface area contributed by atoms with E-state index in [1.165, 1.54) is 41.8 Å². The molecular weight excluding hydrogens is 392 g/mol. The largest absolute Gasteiger partial charge is 0.493 e. The highest BCUT2D eigenvalue weighted by Gasteiger charge is 2.22. The second kappa shape index (κ2) is 8.21. The molecule has 150 valence electrons. The lowest BCUT2D eigenvalue weighted by molar-refractivity contribution is 0.353. The third kappa shape index (κ3) is 3.67. The minimum atomic E-state index is 0.617. The van der Waals surface area contributed by atoms with E-state index in [0.29, 0.717) is 5.92 Å². The molecule has 2 heterocycles. The summed E-state index contributed by atoms with van der Waals surface area (Å²) in [5.74, 6) is 2.12. The topological polar surface area (TPSA) is 51.9 Å². The van der Waals surface area contributed by atoms with Gasteiger partial charge in [-0.05, 0) is 36.8 Å². The van der Waals surface area contributed by atoms with Gasteiger partial charge in [-0.1, -0.05) is 24.2 Å². The van der Waals surface area contributed by atoms with Crippen LogP contribution < -0.4 is 14.4 Å². The molecule has 8 heteroatoms. The number of benzene rings is 1. The Morgan fingerprint density at radius 2 is 1.93 bits per heavy atom. The Morgan fingerprint density at radius 1 is 1.21 bits per heavy atom. The summed E-state index contributed by atoms with van der Waals surface area (Å²) in [6.45, 7) is 0.739. The Morgan fingerprint density at radius 3 is 2.57 bits per heavy atom. The van der Waals surface area contributed by atoms with Crippen LogP contribution in [0.5, 0.6) is 11.5 Å². The fraction of sp³-hybridized carbons (Fsp3) is 0.500. The maximum Gasteiger partial charge on any atom is 0.214 e. The zero-order valence-corrected chi connectivity index (χ0v) is 18.4. The molecule has 1 aliphatic carbocycles. The first-order valence-electron chi connectivity index (χ1n) is 9.49. The second-order valence-corrected chi connectivity index (χ2v) is 8.92. The molecule has 1 saturated carbocycles. The minimum Gasteiger partial charge on any atom is -0.493 e. The van der Waals surface area contributed by atoms with Crippen LogP contribution in [0.25, 0.3) is 4.96 Å². The molecule has 1 aliphatic rings. The Labute approximate surface area is 173 Å². The average Bonchev–Trinajstić information content (AvgIpc) is 3.43. The molecule has 0 radical (unpaired) electrons. The van der Waals surface area contributed by atoms with Gasteiger partial charge in [-0.15, -0.1) is 16.9 Å². The fourth-order valence-corrected chi connectivity index (χ4v) is 5.28. The molecule has 0 unspecified atom stereocenters. The fourth-order valence-electron chi connectivity index (χ4n) is 3.82. The van der Waals surface area contributed by atoms with E-state index in [1.807, 2.05) is 10.6 Å². The molecule has 0 saturated heterocycles. The van der Waals surface area contributed by atoms with Gasteiger partial charge in [0.1, 0.15) is 0 Å². The van der Waals surface area contributed by atoms with Crippen LogP contribution in [-0.4, -0.2) is 42.1 Å². The highest BCUT2D eigenvalue weighted by molar-refractivity contribution is 7.98. The number of methoxy groups -OCH3 is 2. The van der Waals surface area contributed by atoms with E-state index >= 15 is 0 Å². The SMILES string of the molecule is COc1cc(CN(C)c2nn3cc(C4CCCC4)nc3s2)c(SC)cc1OC. The second-order valence-electron chi connectivity index (χ2n) is 7.13. The van der Waals surface area contributed by atoms with E-state index in [-0.39, 0.29) is 0 Å². The van der Waals surface area contributed by atoms with Crippen molar-refractivity contribution in [3.63, 3.8) is 0 Å². The summed E-state index contributed by atoms with van der Waals surface area (Å²) in [5.41, 5.74) is 2.39. The molecular formula is C20H26N4O2S2. The van der Waals surface area contributed by atoms with Gasteiger partial charge in [0.25, 0.3) is 0 Å². The van der Waals surface area contributed by atoms with E-state index in [4.69, 9.17) is 19.6 Å². The van der Waals surface area contributed by atoms with Crippen molar-refractivity contribution >= 4 is 33.2 Å². The third-order valence-corrected chi connectivity index (χ3v) is 7.20. The predicted molar refractivity (Wildman–Crippen MR) is 116 cm³/mol.